The molecule has 106 valence electrons. The normalized spacial score (nSPS) is 10.6. The van der Waals surface area contributed by atoms with E-state index in [0.717, 1.165) is 11.8 Å². The van der Waals surface area contributed by atoms with Gasteiger partial charge in [-0.3, -0.25) is 0 Å². The summed E-state index contributed by atoms with van der Waals surface area (Å²) in [6, 6.07) is 13.1. The number of aromatic nitrogens is 2. The van der Waals surface area contributed by atoms with Crippen molar-refractivity contribution in [2.45, 2.75) is 6.54 Å². The van der Waals surface area contributed by atoms with Gasteiger partial charge in [0.2, 0.25) is 0 Å². The third-order valence-corrected chi connectivity index (χ3v) is 3.04. The lowest BCUT2D eigenvalue weighted by Crippen LogP contribution is -2.00. The summed E-state index contributed by atoms with van der Waals surface area (Å²) in [5.41, 5.74) is 2.00. The highest BCUT2D eigenvalue weighted by atomic mass is 19.1. The lowest BCUT2D eigenvalue weighted by atomic mass is 10.1. The number of halogens is 2. The highest BCUT2D eigenvalue weighted by molar-refractivity contribution is 5.58. The van der Waals surface area contributed by atoms with E-state index in [1.54, 1.807) is 6.20 Å². The van der Waals surface area contributed by atoms with Crippen molar-refractivity contribution in [1.82, 2.24) is 9.97 Å². The highest BCUT2D eigenvalue weighted by Crippen LogP contribution is 2.20. The number of nitrogens with one attached hydrogen (secondary N) is 2. The molecule has 0 aliphatic heterocycles. The van der Waals surface area contributed by atoms with Gasteiger partial charge in [0.1, 0.15) is 17.5 Å². The Hall–Kier alpha value is -2.69. The van der Waals surface area contributed by atoms with E-state index >= 15 is 0 Å². The van der Waals surface area contributed by atoms with Gasteiger partial charge in [0.15, 0.2) is 0 Å². The van der Waals surface area contributed by atoms with E-state index in [2.05, 4.69) is 15.3 Å². The van der Waals surface area contributed by atoms with Crippen LogP contribution in [0, 0.1) is 11.6 Å². The van der Waals surface area contributed by atoms with Gasteiger partial charge in [-0.1, -0.05) is 18.2 Å². The zero-order valence-corrected chi connectivity index (χ0v) is 11.1. The Bertz CT molecular complexity index is 718. The van der Waals surface area contributed by atoms with Crippen molar-refractivity contribution in [3.63, 3.8) is 0 Å². The summed E-state index contributed by atoms with van der Waals surface area (Å²) in [6.45, 7) is 0.502. The number of nitrogens with zero attached hydrogens (tertiary/aromatic N) is 1. The second-order valence-electron chi connectivity index (χ2n) is 4.62. The van der Waals surface area contributed by atoms with Crippen molar-refractivity contribution in [3.05, 3.63) is 72.2 Å². The molecule has 0 aliphatic rings. The molecule has 2 N–H and O–H groups in total. The number of hydrogen-bond donors (Lipinski definition) is 2. The fraction of sp³-hybridized carbons (Fsp3) is 0.0625. The van der Waals surface area contributed by atoms with Crippen LogP contribution in [0.2, 0.25) is 0 Å². The smallest absolute Gasteiger partial charge is 0.126 e. The van der Waals surface area contributed by atoms with Gasteiger partial charge in [-0.15, -0.1) is 0 Å². The molecule has 1 aromatic heterocycles. The van der Waals surface area contributed by atoms with Crippen LogP contribution in [-0.4, -0.2) is 9.97 Å². The predicted octanol–water partition coefficient (Wildman–Crippen LogP) is 3.97. The van der Waals surface area contributed by atoms with Crippen molar-refractivity contribution in [2.75, 3.05) is 5.32 Å². The van der Waals surface area contributed by atoms with Crippen molar-refractivity contribution in [2.24, 2.45) is 0 Å². The summed E-state index contributed by atoms with van der Waals surface area (Å²) in [4.78, 5) is 7.25. The van der Waals surface area contributed by atoms with E-state index in [1.807, 2.05) is 30.3 Å². The highest BCUT2D eigenvalue weighted by Gasteiger charge is 2.06. The molecule has 0 bridgehead atoms. The average Bonchev–Trinajstić information content (AvgIpc) is 2.94. The summed E-state index contributed by atoms with van der Waals surface area (Å²) in [5.74, 6) is -0.523. The number of anilines is 1. The molecule has 5 heteroatoms. The summed E-state index contributed by atoms with van der Waals surface area (Å²) >= 11 is 0. The molecule has 0 radical (unpaired) electrons. The molecule has 1 heterocycles. The predicted molar refractivity (Wildman–Crippen MR) is 77.7 cm³/mol. The van der Waals surface area contributed by atoms with Gasteiger partial charge in [-0.25, -0.2) is 13.8 Å². The summed E-state index contributed by atoms with van der Waals surface area (Å²) < 4.78 is 26.4. The summed E-state index contributed by atoms with van der Waals surface area (Å²) in [7, 11) is 0. The SMILES string of the molecule is Fc1cc(F)cc(-c2cnc(CNc3ccccc3)[nH]2)c1. The minimum Gasteiger partial charge on any atom is -0.378 e. The number of para-hydroxylation sites is 1. The quantitative estimate of drug-likeness (QED) is 0.761. The molecule has 0 aliphatic carbocycles. The molecular formula is C16H13F2N3. The van der Waals surface area contributed by atoms with Gasteiger partial charge in [-0.2, -0.15) is 0 Å². The van der Waals surface area contributed by atoms with Crippen LogP contribution < -0.4 is 5.32 Å². The molecule has 0 spiro atoms. The number of hydrogen-bond acceptors (Lipinski definition) is 2. The number of rotatable bonds is 4. The first-order valence-corrected chi connectivity index (χ1v) is 6.50. The van der Waals surface area contributed by atoms with E-state index in [-0.39, 0.29) is 0 Å². The molecule has 3 nitrogen and oxygen atoms in total. The summed E-state index contributed by atoms with van der Waals surface area (Å²) in [6.07, 6.45) is 1.57. The van der Waals surface area contributed by atoms with Crippen LogP contribution >= 0.6 is 0 Å². The third kappa shape index (κ3) is 3.25. The monoisotopic (exact) mass is 285 g/mol. The van der Waals surface area contributed by atoms with Crippen LogP contribution in [0.4, 0.5) is 14.5 Å². The van der Waals surface area contributed by atoms with Crippen molar-refractivity contribution < 1.29 is 8.78 Å². The number of H-pyrrole nitrogens is 1. The van der Waals surface area contributed by atoms with E-state index in [1.165, 1.54) is 12.1 Å². The van der Waals surface area contributed by atoms with E-state index in [4.69, 9.17) is 0 Å². The Balaban J connectivity index is 1.74. The second-order valence-corrected chi connectivity index (χ2v) is 4.62. The molecule has 21 heavy (non-hydrogen) atoms. The Morgan fingerprint density at radius 3 is 2.43 bits per heavy atom. The summed E-state index contributed by atoms with van der Waals surface area (Å²) in [5, 5.41) is 3.21. The molecular weight excluding hydrogens is 272 g/mol. The maximum Gasteiger partial charge on any atom is 0.126 e. The molecule has 0 saturated heterocycles. The molecule has 0 amide bonds. The molecule has 3 rings (SSSR count). The Morgan fingerprint density at radius 2 is 1.71 bits per heavy atom. The van der Waals surface area contributed by atoms with Gasteiger partial charge in [0.25, 0.3) is 0 Å². The van der Waals surface area contributed by atoms with Crippen LogP contribution in [0.25, 0.3) is 11.3 Å². The molecule has 0 fully saturated rings. The topological polar surface area (TPSA) is 40.7 Å². The average molecular weight is 285 g/mol. The van der Waals surface area contributed by atoms with Gasteiger partial charge in [0, 0.05) is 17.3 Å². The zero-order chi connectivity index (χ0) is 14.7. The maximum absolute atomic E-state index is 13.2. The molecule has 3 aromatic rings. The molecule has 0 saturated carbocycles. The Morgan fingerprint density at radius 1 is 1.00 bits per heavy atom. The van der Waals surface area contributed by atoms with Crippen molar-refractivity contribution in [1.29, 1.82) is 0 Å². The van der Waals surface area contributed by atoms with Gasteiger partial charge in [0.05, 0.1) is 18.4 Å². The van der Waals surface area contributed by atoms with Gasteiger partial charge < -0.3 is 10.3 Å². The van der Waals surface area contributed by atoms with Crippen LogP contribution in [0.3, 0.4) is 0 Å². The van der Waals surface area contributed by atoms with Gasteiger partial charge in [-0.05, 0) is 24.3 Å². The molecule has 2 aromatic carbocycles. The minimum atomic E-state index is -0.608. The van der Waals surface area contributed by atoms with E-state index in [0.29, 0.717) is 23.6 Å². The van der Waals surface area contributed by atoms with Gasteiger partial charge >= 0.3 is 0 Å². The fourth-order valence-electron chi connectivity index (χ4n) is 2.05. The van der Waals surface area contributed by atoms with Crippen LogP contribution in [-0.2, 0) is 6.54 Å². The third-order valence-electron chi connectivity index (χ3n) is 3.04. The van der Waals surface area contributed by atoms with E-state index < -0.39 is 11.6 Å². The number of benzene rings is 2. The van der Waals surface area contributed by atoms with Crippen LogP contribution in [0.1, 0.15) is 5.82 Å². The lowest BCUT2D eigenvalue weighted by Gasteiger charge is -2.03. The fourth-order valence-corrected chi connectivity index (χ4v) is 2.05. The first kappa shape index (κ1) is 13.3. The van der Waals surface area contributed by atoms with Crippen LogP contribution in [0.15, 0.2) is 54.7 Å². The first-order valence-electron chi connectivity index (χ1n) is 6.50. The molecule has 0 unspecified atom stereocenters. The van der Waals surface area contributed by atoms with Crippen LogP contribution in [0.5, 0.6) is 0 Å². The number of imidazole rings is 1. The molecule has 0 atom stereocenters. The zero-order valence-electron chi connectivity index (χ0n) is 11.1. The Labute approximate surface area is 120 Å². The largest absolute Gasteiger partial charge is 0.378 e. The second kappa shape index (κ2) is 5.75. The maximum atomic E-state index is 13.2. The Kier molecular flexibility index (Phi) is 3.64. The standard InChI is InChI=1S/C16H13F2N3/c17-12-6-11(7-13(18)8-12)15-9-20-16(21-15)10-19-14-4-2-1-3-5-14/h1-9,19H,10H2,(H,20,21). The first-order chi connectivity index (χ1) is 10.2. The van der Waals surface area contributed by atoms with Crippen molar-refractivity contribution in [3.8, 4) is 11.3 Å². The van der Waals surface area contributed by atoms with Crippen molar-refractivity contribution >= 4 is 5.69 Å². The minimum absolute atomic E-state index is 0.436. The lowest BCUT2D eigenvalue weighted by molar-refractivity contribution is 0.584. The number of aromatic amines is 1. The van der Waals surface area contributed by atoms with E-state index in [9.17, 15) is 8.78 Å².